The van der Waals surface area contributed by atoms with Gasteiger partial charge in [-0.25, -0.2) is 13.2 Å². The molecule has 2 heterocycles. The van der Waals surface area contributed by atoms with Crippen molar-refractivity contribution in [2.75, 3.05) is 0 Å². The smallest absolute Gasteiger partial charge is 0.398 e. The van der Waals surface area contributed by atoms with Crippen LogP contribution in [0.2, 0.25) is 0 Å². The fourth-order valence-corrected chi connectivity index (χ4v) is 2.53. The lowest BCUT2D eigenvalue weighted by Crippen LogP contribution is -2.41. The minimum absolute atomic E-state index is 0.0852. The van der Waals surface area contributed by atoms with E-state index in [1.165, 1.54) is 18.2 Å². The largest absolute Gasteiger partial charge is 0.525 e. The van der Waals surface area contributed by atoms with Crippen LogP contribution in [0.5, 0.6) is 0 Å². The first-order valence-electron chi connectivity index (χ1n) is 6.23. The lowest BCUT2D eigenvalue weighted by Gasteiger charge is -2.32. The van der Waals surface area contributed by atoms with E-state index in [0.29, 0.717) is 4.88 Å². The van der Waals surface area contributed by atoms with Gasteiger partial charge >= 0.3 is 7.12 Å². The first-order chi connectivity index (χ1) is 9.12. The Morgan fingerprint density at radius 2 is 1.75 bits per heavy atom. The summed E-state index contributed by atoms with van der Waals surface area (Å²) in [6, 6.07) is 2.75. The summed E-state index contributed by atoms with van der Waals surface area (Å²) in [7, 11) is -1.10. The average molecular weight is 304 g/mol. The molecule has 0 radical (unpaired) electrons. The fourth-order valence-electron chi connectivity index (χ4n) is 1.72. The van der Waals surface area contributed by atoms with Gasteiger partial charge in [0.25, 0.3) is 6.43 Å². The highest BCUT2D eigenvalue weighted by atomic mass is 32.1. The van der Waals surface area contributed by atoms with Crippen molar-refractivity contribution >= 4 is 24.5 Å². The van der Waals surface area contributed by atoms with Gasteiger partial charge in [0.2, 0.25) is 0 Å². The summed E-state index contributed by atoms with van der Waals surface area (Å²) >= 11 is 0.850. The number of thiophene rings is 1. The van der Waals surface area contributed by atoms with E-state index in [9.17, 15) is 13.2 Å². The molecule has 0 aromatic carbocycles. The molecule has 110 valence electrons. The Morgan fingerprint density at radius 3 is 2.20 bits per heavy atom. The molecule has 1 fully saturated rings. The van der Waals surface area contributed by atoms with Crippen LogP contribution in [0, 0.1) is 0 Å². The highest BCUT2D eigenvalue weighted by molar-refractivity contribution is 7.13. The molecule has 1 aromatic heterocycles. The predicted octanol–water partition coefficient (Wildman–Crippen LogP) is 4.63. The number of hydrogen-bond donors (Lipinski definition) is 0. The SMILES string of the molecule is CC1(C)OB(C(F)=Cc2ccc(C(F)F)s2)OC1(C)C. The molecule has 1 aliphatic rings. The van der Waals surface area contributed by atoms with E-state index in [1.54, 1.807) is 0 Å². The van der Waals surface area contributed by atoms with Crippen LogP contribution < -0.4 is 0 Å². The van der Waals surface area contributed by atoms with Gasteiger partial charge in [-0.3, -0.25) is 0 Å². The van der Waals surface area contributed by atoms with Gasteiger partial charge in [-0.1, -0.05) is 0 Å². The number of halogens is 3. The van der Waals surface area contributed by atoms with E-state index in [2.05, 4.69) is 0 Å². The molecule has 0 aliphatic carbocycles. The van der Waals surface area contributed by atoms with Crippen LogP contribution >= 0.6 is 11.3 Å². The number of rotatable bonds is 3. The topological polar surface area (TPSA) is 18.5 Å². The second kappa shape index (κ2) is 5.20. The lowest BCUT2D eigenvalue weighted by molar-refractivity contribution is 0.00578. The van der Waals surface area contributed by atoms with Gasteiger partial charge in [0.15, 0.2) is 0 Å². The van der Waals surface area contributed by atoms with Gasteiger partial charge < -0.3 is 9.31 Å². The average Bonchev–Trinajstić information content (AvgIpc) is 2.83. The zero-order valence-electron chi connectivity index (χ0n) is 11.7. The molecule has 2 rings (SSSR count). The Labute approximate surface area is 120 Å². The van der Waals surface area contributed by atoms with Crippen LogP contribution in [0.4, 0.5) is 13.2 Å². The Balaban J connectivity index is 2.15. The van der Waals surface area contributed by atoms with Crippen LogP contribution in [0.3, 0.4) is 0 Å². The maximum atomic E-state index is 14.1. The van der Waals surface area contributed by atoms with E-state index < -0.39 is 30.5 Å². The van der Waals surface area contributed by atoms with Crippen molar-refractivity contribution in [3.05, 3.63) is 27.6 Å². The summed E-state index contributed by atoms with van der Waals surface area (Å²) in [6.07, 6.45) is -1.36. The van der Waals surface area contributed by atoms with Crippen molar-refractivity contribution in [3.8, 4) is 0 Å². The molecule has 2 nitrogen and oxygen atoms in total. The maximum absolute atomic E-state index is 14.1. The van der Waals surface area contributed by atoms with E-state index in [-0.39, 0.29) is 4.88 Å². The van der Waals surface area contributed by atoms with Gasteiger partial charge in [0, 0.05) is 4.88 Å². The fraction of sp³-hybridized carbons (Fsp3) is 0.538. The number of alkyl halides is 2. The van der Waals surface area contributed by atoms with Gasteiger partial charge in [0.1, 0.15) is 5.73 Å². The summed E-state index contributed by atoms with van der Waals surface area (Å²) in [6.45, 7) is 7.28. The van der Waals surface area contributed by atoms with Crippen molar-refractivity contribution in [1.82, 2.24) is 0 Å². The van der Waals surface area contributed by atoms with Gasteiger partial charge in [-0.15, -0.1) is 11.3 Å². The summed E-state index contributed by atoms with van der Waals surface area (Å²) in [5, 5.41) is 0. The quantitative estimate of drug-likeness (QED) is 0.758. The summed E-state index contributed by atoms with van der Waals surface area (Å²) in [5.41, 5.74) is -1.88. The van der Waals surface area contributed by atoms with Crippen molar-refractivity contribution < 1.29 is 22.5 Å². The third-order valence-corrected chi connectivity index (χ3v) is 4.66. The van der Waals surface area contributed by atoms with Gasteiger partial charge in [0.05, 0.1) is 16.1 Å². The van der Waals surface area contributed by atoms with Crippen LogP contribution in [-0.2, 0) is 9.31 Å². The zero-order valence-corrected chi connectivity index (χ0v) is 12.6. The van der Waals surface area contributed by atoms with E-state index in [0.717, 1.165) is 11.3 Å². The highest BCUT2D eigenvalue weighted by Gasteiger charge is 2.53. The van der Waals surface area contributed by atoms with E-state index in [1.807, 2.05) is 27.7 Å². The first-order valence-corrected chi connectivity index (χ1v) is 7.05. The molecule has 0 amide bonds. The van der Waals surface area contributed by atoms with Crippen molar-refractivity contribution in [3.63, 3.8) is 0 Å². The molecule has 1 saturated heterocycles. The van der Waals surface area contributed by atoms with E-state index >= 15 is 0 Å². The molecule has 0 atom stereocenters. The zero-order chi connectivity index (χ0) is 15.1. The predicted molar refractivity (Wildman–Crippen MR) is 74.4 cm³/mol. The van der Waals surface area contributed by atoms with Crippen LogP contribution in [0.15, 0.2) is 17.9 Å². The molecular weight excluding hydrogens is 288 g/mol. The minimum Gasteiger partial charge on any atom is -0.398 e. The summed E-state index contributed by atoms with van der Waals surface area (Å²) in [4.78, 5) is 0.325. The molecule has 0 saturated carbocycles. The Hall–Kier alpha value is -0.785. The van der Waals surface area contributed by atoms with Gasteiger partial charge in [-0.05, 0) is 45.9 Å². The normalized spacial score (nSPS) is 21.8. The second-order valence-electron chi connectivity index (χ2n) is 5.66. The molecule has 0 spiro atoms. The van der Waals surface area contributed by atoms with Crippen LogP contribution in [0.25, 0.3) is 6.08 Å². The summed E-state index contributed by atoms with van der Waals surface area (Å²) < 4.78 is 50.1. The summed E-state index contributed by atoms with van der Waals surface area (Å²) in [5.74, 6) is 0. The second-order valence-corrected chi connectivity index (χ2v) is 6.81. The lowest BCUT2D eigenvalue weighted by atomic mass is 9.87. The first kappa shape index (κ1) is 15.6. The molecule has 1 aromatic rings. The molecule has 7 heteroatoms. The Morgan fingerprint density at radius 1 is 1.20 bits per heavy atom. The third-order valence-electron chi connectivity index (χ3n) is 3.62. The molecule has 20 heavy (non-hydrogen) atoms. The highest BCUT2D eigenvalue weighted by Crippen LogP contribution is 2.39. The Bertz CT molecular complexity index is 509. The standard InChI is InChI=1S/C13H16BF3O2S/c1-12(2)13(3,4)19-14(18-12)10(15)7-8-5-6-9(20-8)11(16)17/h5-7,11H,1-4H3. The molecule has 0 N–H and O–H groups in total. The van der Waals surface area contributed by atoms with Crippen LogP contribution in [0.1, 0.15) is 43.9 Å². The van der Waals surface area contributed by atoms with Gasteiger partial charge in [-0.2, -0.15) is 0 Å². The van der Waals surface area contributed by atoms with Crippen molar-refractivity contribution in [2.45, 2.75) is 45.3 Å². The van der Waals surface area contributed by atoms with Crippen LogP contribution in [-0.4, -0.2) is 18.3 Å². The number of hydrogen-bond acceptors (Lipinski definition) is 3. The molecule has 0 bridgehead atoms. The molecule has 1 aliphatic heterocycles. The molecule has 0 unspecified atom stereocenters. The van der Waals surface area contributed by atoms with E-state index in [4.69, 9.17) is 9.31 Å². The monoisotopic (exact) mass is 304 g/mol. The van der Waals surface area contributed by atoms with Crippen molar-refractivity contribution in [1.29, 1.82) is 0 Å². The minimum atomic E-state index is -2.54. The maximum Gasteiger partial charge on any atom is 0.525 e. The Kier molecular flexibility index (Phi) is 4.06. The molecular formula is C13H16BF3O2S. The third kappa shape index (κ3) is 2.94. The van der Waals surface area contributed by atoms with Crippen molar-refractivity contribution in [2.24, 2.45) is 0 Å².